The van der Waals surface area contributed by atoms with E-state index in [-0.39, 0.29) is 17.5 Å². The van der Waals surface area contributed by atoms with E-state index in [4.69, 9.17) is 11.6 Å². The van der Waals surface area contributed by atoms with Crippen LogP contribution in [-0.2, 0) is 10.0 Å². The fourth-order valence-corrected chi connectivity index (χ4v) is 4.09. The van der Waals surface area contributed by atoms with Gasteiger partial charge >= 0.3 is 0 Å². The van der Waals surface area contributed by atoms with Gasteiger partial charge in [0.25, 0.3) is 5.91 Å². The van der Waals surface area contributed by atoms with Gasteiger partial charge in [0.1, 0.15) is 10.7 Å². The molecule has 0 spiro atoms. The molecule has 9 heteroatoms. The molecule has 0 unspecified atom stereocenters. The number of halogens is 1. The van der Waals surface area contributed by atoms with E-state index in [9.17, 15) is 13.2 Å². The highest BCUT2D eigenvalue weighted by Crippen LogP contribution is 2.26. The van der Waals surface area contributed by atoms with E-state index in [1.807, 2.05) is 13.8 Å². The second kappa shape index (κ2) is 8.27. The highest BCUT2D eigenvalue weighted by molar-refractivity contribution is 7.88. The Balaban J connectivity index is 2.16. The van der Waals surface area contributed by atoms with E-state index < -0.39 is 16.1 Å². The Morgan fingerprint density at radius 3 is 2.68 bits per heavy atom. The van der Waals surface area contributed by atoms with Crippen LogP contribution in [0, 0.1) is 5.92 Å². The van der Waals surface area contributed by atoms with E-state index in [0.717, 1.165) is 6.26 Å². The van der Waals surface area contributed by atoms with Gasteiger partial charge in [-0.2, -0.15) is 0 Å². The average molecular weight is 402 g/mol. The van der Waals surface area contributed by atoms with E-state index >= 15 is 0 Å². The summed E-state index contributed by atoms with van der Waals surface area (Å²) in [6, 6.07) is 6.36. The molecule has 0 aliphatic heterocycles. The molecule has 136 valence electrons. The van der Waals surface area contributed by atoms with Crippen LogP contribution in [0.25, 0.3) is 0 Å². The van der Waals surface area contributed by atoms with Crippen LogP contribution in [0.5, 0.6) is 0 Å². The molecule has 1 heterocycles. The Labute approximate surface area is 156 Å². The lowest BCUT2D eigenvalue weighted by atomic mass is 10.1. The maximum Gasteiger partial charge on any atom is 0.275 e. The molecule has 0 aliphatic carbocycles. The first-order chi connectivity index (χ1) is 11.6. The largest absolute Gasteiger partial charge is 0.321 e. The van der Waals surface area contributed by atoms with Crippen molar-refractivity contribution >= 4 is 44.6 Å². The lowest BCUT2D eigenvalue weighted by Gasteiger charge is -2.17. The molecule has 1 aromatic heterocycles. The van der Waals surface area contributed by atoms with Crippen LogP contribution < -0.4 is 10.0 Å². The van der Waals surface area contributed by atoms with Crippen molar-refractivity contribution in [3.8, 4) is 0 Å². The van der Waals surface area contributed by atoms with Crippen molar-refractivity contribution in [2.45, 2.75) is 26.3 Å². The molecule has 0 saturated heterocycles. The van der Waals surface area contributed by atoms with Gasteiger partial charge in [-0.1, -0.05) is 31.5 Å². The second-order valence-electron chi connectivity index (χ2n) is 6.11. The van der Waals surface area contributed by atoms with Crippen molar-refractivity contribution in [1.82, 2.24) is 9.71 Å². The molecule has 6 nitrogen and oxygen atoms in total. The molecule has 0 saturated carbocycles. The summed E-state index contributed by atoms with van der Waals surface area (Å²) >= 11 is 7.16. The van der Waals surface area contributed by atoms with Crippen LogP contribution in [0.1, 0.15) is 41.8 Å². The molecule has 1 amide bonds. The molecule has 25 heavy (non-hydrogen) atoms. The van der Waals surface area contributed by atoms with Gasteiger partial charge < -0.3 is 5.32 Å². The second-order valence-corrected chi connectivity index (χ2v) is 9.21. The van der Waals surface area contributed by atoms with E-state index in [0.29, 0.717) is 22.1 Å². The summed E-state index contributed by atoms with van der Waals surface area (Å²) in [5.74, 6) is -0.0979. The molecule has 2 aromatic rings. The highest BCUT2D eigenvalue weighted by Gasteiger charge is 2.22. The molecule has 1 atom stereocenters. The molecule has 2 N–H and O–H groups in total. The maximum atomic E-state index is 12.3. The third kappa shape index (κ3) is 6.39. The van der Waals surface area contributed by atoms with Crippen molar-refractivity contribution in [2.75, 3.05) is 11.6 Å². The topological polar surface area (TPSA) is 88.2 Å². The van der Waals surface area contributed by atoms with Gasteiger partial charge in [-0.15, -0.1) is 11.3 Å². The molecule has 0 fully saturated rings. The monoisotopic (exact) mass is 401 g/mol. The smallest absolute Gasteiger partial charge is 0.275 e. The minimum absolute atomic E-state index is 0.240. The van der Waals surface area contributed by atoms with Gasteiger partial charge in [-0.25, -0.2) is 18.1 Å². The maximum absolute atomic E-state index is 12.3. The van der Waals surface area contributed by atoms with Gasteiger partial charge in [0.05, 0.1) is 12.3 Å². The fraction of sp³-hybridized carbons (Fsp3) is 0.375. The number of hydrogen-bond donors (Lipinski definition) is 2. The zero-order valence-electron chi connectivity index (χ0n) is 14.1. The lowest BCUT2D eigenvalue weighted by Crippen LogP contribution is -2.28. The number of benzene rings is 1. The molecule has 2 rings (SSSR count). The summed E-state index contributed by atoms with van der Waals surface area (Å²) in [6.07, 6.45) is 1.70. The van der Waals surface area contributed by atoms with Crippen LogP contribution in [0.15, 0.2) is 29.6 Å². The standard InChI is InChI=1S/C16H20ClN3O3S2/c1-10(2)7-13(20-25(3,22)23)16-19-14(9-24-16)15(21)18-12-6-4-5-11(17)8-12/h4-6,8-10,13,20H,7H2,1-3H3,(H,18,21)/t13-/m1/s1. The van der Waals surface area contributed by atoms with Crippen molar-refractivity contribution in [1.29, 1.82) is 0 Å². The Morgan fingerprint density at radius 2 is 2.08 bits per heavy atom. The number of amides is 1. The first kappa shape index (κ1) is 19.8. The number of carbonyl (C=O) groups is 1. The van der Waals surface area contributed by atoms with Gasteiger partial charge in [-0.05, 0) is 30.5 Å². The number of sulfonamides is 1. The Morgan fingerprint density at radius 1 is 1.36 bits per heavy atom. The van der Waals surface area contributed by atoms with Crippen LogP contribution in [0.2, 0.25) is 5.02 Å². The highest BCUT2D eigenvalue weighted by atomic mass is 35.5. The third-order valence-corrected chi connectivity index (χ3v) is 5.10. The number of nitrogens with one attached hydrogen (secondary N) is 2. The first-order valence-electron chi connectivity index (χ1n) is 7.63. The Bertz CT molecular complexity index is 850. The van der Waals surface area contributed by atoms with Crippen molar-refractivity contribution in [3.63, 3.8) is 0 Å². The van der Waals surface area contributed by atoms with Gasteiger partial charge in [0, 0.05) is 16.1 Å². The average Bonchev–Trinajstić information content (AvgIpc) is 2.94. The van der Waals surface area contributed by atoms with Gasteiger partial charge in [-0.3, -0.25) is 4.79 Å². The van der Waals surface area contributed by atoms with Crippen LogP contribution in [-0.4, -0.2) is 25.6 Å². The summed E-state index contributed by atoms with van der Waals surface area (Å²) in [7, 11) is -3.38. The number of hydrogen-bond acceptors (Lipinski definition) is 5. The third-order valence-electron chi connectivity index (χ3n) is 3.20. The zero-order valence-corrected chi connectivity index (χ0v) is 16.5. The SMILES string of the molecule is CC(C)C[C@@H](NS(C)(=O)=O)c1nc(C(=O)Nc2cccc(Cl)c2)cs1. The van der Waals surface area contributed by atoms with Crippen molar-refractivity contribution in [3.05, 3.63) is 45.4 Å². The zero-order chi connectivity index (χ0) is 18.6. The number of aromatic nitrogens is 1. The summed E-state index contributed by atoms with van der Waals surface area (Å²) in [6.45, 7) is 3.99. The van der Waals surface area contributed by atoms with Crippen LogP contribution in [0.3, 0.4) is 0 Å². The van der Waals surface area contributed by atoms with Crippen LogP contribution in [0.4, 0.5) is 5.69 Å². The molecule has 0 radical (unpaired) electrons. The quantitative estimate of drug-likeness (QED) is 0.740. The molecule has 1 aromatic carbocycles. The minimum atomic E-state index is -3.38. The number of carbonyl (C=O) groups excluding carboxylic acids is 1. The predicted molar refractivity (Wildman–Crippen MR) is 102 cm³/mol. The number of rotatable bonds is 7. The molecule has 0 bridgehead atoms. The Hall–Kier alpha value is -1.48. The van der Waals surface area contributed by atoms with Crippen LogP contribution >= 0.6 is 22.9 Å². The van der Waals surface area contributed by atoms with E-state index in [2.05, 4.69) is 15.0 Å². The molecule has 0 aliphatic rings. The lowest BCUT2D eigenvalue weighted by molar-refractivity contribution is 0.102. The fourth-order valence-electron chi connectivity index (χ4n) is 2.24. The van der Waals surface area contributed by atoms with Crippen molar-refractivity contribution in [2.24, 2.45) is 5.92 Å². The first-order valence-corrected chi connectivity index (χ1v) is 10.8. The summed E-state index contributed by atoms with van der Waals surface area (Å²) in [5.41, 5.74) is 0.809. The normalized spacial score (nSPS) is 13.0. The van der Waals surface area contributed by atoms with E-state index in [1.165, 1.54) is 11.3 Å². The minimum Gasteiger partial charge on any atom is -0.321 e. The summed E-state index contributed by atoms with van der Waals surface area (Å²) in [5, 5.41) is 5.42. The van der Waals surface area contributed by atoms with Crippen molar-refractivity contribution < 1.29 is 13.2 Å². The number of anilines is 1. The Kier molecular flexibility index (Phi) is 6.56. The molecular formula is C16H20ClN3O3S2. The predicted octanol–water partition coefficient (Wildman–Crippen LogP) is 3.69. The molecular weight excluding hydrogens is 382 g/mol. The van der Waals surface area contributed by atoms with Gasteiger partial charge in [0.15, 0.2) is 0 Å². The van der Waals surface area contributed by atoms with E-state index in [1.54, 1.807) is 29.6 Å². The number of nitrogens with zero attached hydrogens (tertiary/aromatic N) is 1. The van der Waals surface area contributed by atoms with Gasteiger partial charge in [0.2, 0.25) is 10.0 Å². The number of thiazole rings is 1. The summed E-state index contributed by atoms with van der Waals surface area (Å²) in [4.78, 5) is 16.6. The summed E-state index contributed by atoms with van der Waals surface area (Å²) < 4.78 is 25.8.